The molecule has 0 atom stereocenters. The van der Waals surface area contributed by atoms with Crippen molar-refractivity contribution in [2.75, 3.05) is 0 Å². The Labute approximate surface area is 55.9 Å². The summed E-state index contributed by atoms with van der Waals surface area (Å²) in [7, 11) is 0. The van der Waals surface area contributed by atoms with Crippen LogP contribution in [0.2, 0.25) is 0 Å². The van der Waals surface area contributed by atoms with Gasteiger partial charge >= 0.3 is 0 Å². The van der Waals surface area contributed by atoms with Gasteiger partial charge in [-0.15, -0.1) is 0 Å². The predicted molar refractivity (Wildman–Crippen MR) is 35.2 cm³/mol. The number of H-pyrrole nitrogens is 1. The lowest BCUT2D eigenvalue weighted by atomic mass is 10.5. The van der Waals surface area contributed by atoms with Crippen molar-refractivity contribution in [1.82, 2.24) is 14.8 Å². The first-order valence-electron chi connectivity index (χ1n) is 2.45. The number of rotatable bonds is 0. The van der Waals surface area contributed by atoms with Crippen LogP contribution in [0.15, 0.2) is 16.5 Å². The van der Waals surface area contributed by atoms with Crippen molar-refractivity contribution in [3.05, 3.63) is 12.0 Å². The topological polar surface area (TPSA) is 53.1 Å². The van der Waals surface area contributed by atoms with Crippen LogP contribution in [-0.2, 0) is 0 Å². The third-order valence-electron chi connectivity index (χ3n) is 1.02. The molecule has 0 amide bonds. The molecule has 0 unspecified atom stereocenters. The van der Waals surface area contributed by atoms with E-state index in [1.165, 1.54) is 11.9 Å². The fourth-order valence-electron chi connectivity index (χ4n) is 0.626. The van der Waals surface area contributed by atoms with Gasteiger partial charge < -0.3 is 4.98 Å². The zero-order valence-electron chi connectivity index (χ0n) is 4.46. The van der Waals surface area contributed by atoms with Gasteiger partial charge in [0.05, 0.1) is 18.2 Å². The number of nitrogens with zero attached hydrogens (tertiary/aromatic N) is 2. The zero-order chi connectivity index (χ0) is 6.10. The summed E-state index contributed by atoms with van der Waals surface area (Å²) in [5.41, 5.74) is 0.971. The molecule has 1 aromatic rings. The van der Waals surface area contributed by atoms with E-state index >= 15 is 0 Å². The van der Waals surface area contributed by atoms with Crippen molar-refractivity contribution in [1.29, 1.82) is 0 Å². The van der Waals surface area contributed by atoms with Crippen LogP contribution in [0.1, 0.15) is 5.69 Å². The summed E-state index contributed by atoms with van der Waals surface area (Å²) in [5.74, 6) is 0. The van der Waals surface area contributed by atoms with Crippen LogP contribution < -0.4 is 4.83 Å². The van der Waals surface area contributed by atoms with Gasteiger partial charge in [-0.25, -0.2) is 9.82 Å². The van der Waals surface area contributed by atoms with Gasteiger partial charge in [0.2, 0.25) is 0 Å². The molecule has 2 rings (SSSR count). The SMILES string of the molecule is C1=NNSc2nc[nH]c21. The van der Waals surface area contributed by atoms with Gasteiger partial charge in [0.15, 0.2) is 0 Å². The van der Waals surface area contributed by atoms with Crippen molar-refractivity contribution < 1.29 is 0 Å². The Hall–Kier alpha value is -0.970. The van der Waals surface area contributed by atoms with E-state index in [9.17, 15) is 0 Å². The molecular formula is C4H4N4S. The van der Waals surface area contributed by atoms with Crippen molar-refractivity contribution in [2.24, 2.45) is 5.10 Å². The van der Waals surface area contributed by atoms with Gasteiger partial charge in [0.25, 0.3) is 0 Å². The maximum atomic E-state index is 4.01. The largest absolute Gasteiger partial charge is 0.343 e. The molecule has 4 nitrogen and oxygen atoms in total. The molecule has 0 aromatic carbocycles. The molecule has 1 aromatic heterocycles. The molecule has 2 heterocycles. The van der Waals surface area contributed by atoms with Crippen LogP contribution in [0.5, 0.6) is 0 Å². The van der Waals surface area contributed by atoms with Gasteiger partial charge in [-0.1, -0.05) is 0 Å². The van der Waals surface area contributed by atoms with E-state index in [4.69, 9.17) is 0 Å². The Balaban J connectivity index is 2.53. The normalized spacial score (nSPS) is 14.7. The Morgan fingerprint density at radius 1 is 1.56 bits per heavy atom. The minimum absolute atomic E-state index is 0.949. The summed E-state index contributed by atoms with van der Waals surface area (Å²) < 4.78 is 0. The Kier molecular flexibility index (Phi) is 0.955. The summed E-state index contributed by atoms with van der Waals surface area (Å²) in [6.45, 7) is 0. The molecule has 0 saturated heterocycles. The summed E-state index contributed by atoms with van der Waals surface area (Å²) in [6, 6.07) is 0. The van der Waals surface area contributed by atoms with E-state index in [1.54, 1.807) is 12.5 Å². The van der Waals surface area contributed by atoms with Crippen LogP contribution in [-0.4, -0.2) is 16.2 Å². The highest BCUT2D eigenvalue weighted by atomic mass is 32.2. The molecule has 0 spiro atoms. The van der Waals surface area contributed by atoms with E-state index in [1.807, 2.05) is 0 Å². The molecule has 0 aliphatic carbocycles. The molecule has 0 radical (unpaired) electrons. The quantitative estimate of drug-likeness (QED) is 0.511. The van der Waals surface area contributed by atoms with Crippen LogP contribution in [0.25, 0.3) is 0 Å². The van der Waals surface area contributed by atoms with E-state index in [0.29, 0.717) is 0 Å². The number of hydrazone groups is 1. The number of imidazole rings is 1. The Bertz CT molecular complexity index is 240. The average Bonchev–Trinajstić information content (AvgIpc) is 2.33. The van der Waals surface area contributed by atoms with Gasteiger partial charge in [0.1, 0.15) is 5.03 Å². The van der Waals surface area contributed by atoms with Gasteiger partial charge in [0, 0.05) is 11.9 Å². The summed E-state index contributed by atoms with van der Waals surface area (Å²) in [5, 5.41) is 4.76. The molecule has 5 heteroatoms. The average molecular weight is 140 g/mol. The lowest BCUT2D eigenvalue weighted by molar-refractivity contribution is 1.07. The minimum atomic E-state index is 0.949. The van der Waals surface area contributed by atoms with Gasteiger partial charge in [-0.2, -0.15) is 5.10 Å². The van der Waals surface area contributed by atoms with E-state index in [-0.39, 0.29) is 0 Å². The van der Waals surface area contributed by atoms with Crippen LogP contribution >= 0.6 is 11.9 Å². The molecule has 9 heavy (non-hydrogen) atoms. The highest BCUT2D eigenvalue weighted by molar-refractivity contribution is 7.97. The molecule has 1 aliphatic rings. The second-order valence-electron chi connectivity index (χ2n) is 1.57. The van der Waals surface area contributed by atoms with Crippen molar-refractivity contribution in [3.8, 4) is 0 Å². The van der Waals surface area contributed by atoms with Crippen LogP contribution in [0.3, 0.4) is 0 Å². The van der Waals surface area contributed by atoms with Crippen molar-refractivity contribution >= 4 is 18.2 Å². The monoisotopic (exact) mass is 140 g/mol. The Morgan fingerprint density at radius 2 is 2.56 bits per heavy atom. The van der Waals surface area contributed by atoms with Crippen molar-refractivity contribution in [3.63, 3.8) is 0 Å². The highest BCUT2D eigenvalue weighted by Crippen LogP contribution is 2.16. The lowest BCUT2D eigenvalue weighted by Gasteiger charge is -2.00. The molecule has 1 aliphatic heterocycles. The number of aromatic amines is 1. The molecule has 0 saturated carbocycles. The third kappa shape index (κ3) is 0.692. The summed E-state index contributed by atoms with van der Waals surface area (Å²) in [4.78, 5) is 9.68. The molecule has 0 fully saturated rings. The van der Waals surface area contributed by atoms with E-state index < -0.39 is 0 Å². The standard InChI is InChI=1S/C4H4N4S/c1-3-4(6-2-5-3)9-8-7-1/h1-2,8H,(H,5,6). The third-order valence-corrected chi connectivity index (χ3v) is 1.74. The second kappa shape index (κ2) is 1.77. The molecule has 0 bridgehead atoms. The summed E-state index contributed by atoms with van der Waals surface area (Å²) >= 11 is 1.41. The van der Waals surface area contributed by atoms with E-state index in [0.717, 1.165) is 10.7 Å². The first kappa shape index (κ1) is 4.87. The molecule has 2 N–H and O–H groups in total. The second-order valence-corrected chi connectivity index (χ2v) is 2.35. The fourth-order valence-corrected chi connectivity index (χ4v) is 1.14. The maximum Gasteiger partial charge on any atom is 0.145 e. The number of nitrogens with one attached hydrogen (secondary N) is 2. The number of fused-ring (bicyclic) bond motifs is 1. The van der Waals surface area contributed by atoms with Crippen molar-refractivity contribution in [2.45, 2.75) is 5.03 Å². The fraction of sp³-hybridized carbons (Fsp3) is 0. The highest BCUT2D eigenvalue weighted by Gasteiger charge is 2.06. The zero-order valence-corrected chi connectivity index (χ0v) is 5.27. The van der Waals surface area contributed by atoms with Crippen LogP contribution in [0, 0.1) is 0 Å². The maximum absolute atomic E-state index is 4.01. The summed E-state index contributed by atoms with van der Waals surface area (Å²) in [6.07, 6.45) is 3.36. The Morgan fingerprint density at radius 3 is 3.44 bits per heavy atom. The molecule has 46 valence electrons. The number of hydrogen-bond donors (Lipinski definition) is 2. The van der Waals surface area contributed by atoms with E-state index in [2.05, 4.69) is 19.9 Å². The predicted octanol–water partition coefficient (Wildman–Crippen LogP) is 0.354. The lowest BCUT2D eigenvalue weighted by Crippen LogP contribution is -2.01. The smallest absolute Gasteiger partial charge is 0.145 e. The minimum Gasteiger partial charge on any atom is -0.343 e. The first-order chi connectivity index (χ1) is 4.47. The van der Waals surface area contributed by atoms with Crippen LogP contribution in [0.4, 0.5) is 0 Å². The number of hydrogen-bond acceptors (Lipinski definition) is 4. The van der Waals surface area contributed by atoms with Gasteiger partial charge in [-0.3, -0.25) is 0 Å². The molecular weight excluding hydrogens is 136 g/mol. The number of aromatic nitrogens is 2. The van der Waals surface area contributed by atoms with Gasteiger partial charge in [-0.05, 0) is 0 Å². The first-order valence-corrected chi connectivity index (χ1v) is 3.27.